The van der Waals surface area contributed by atoms with Crippen LogP contribution in [0.25, 0.3) is 0 Å². The molecule has 0 saturated carbocycles. The average Bonchev–Trinajstić information content (AvgIpc) is 2.69. The lowest BCUT2D eigenvalue weighted by Gasteiger charge is -2.33. The summed E-state index contributed by atoms with van der Waals surface area (Å²) in [6.45, 7) is 3.85. The Morgan fingerprint density at radius 1 is 1.10 bits per heavy atom. The zero-order chi connectivity index (χ0) is 20.9. The lowest BCUT2D eigenvalue weighted by atomic mass is 10.3. The second-order valence-electron chi connectivity index (χ2n) is 6.85. The molecule has 8 nitrogen and oxygen atoms in total. The van der Waals surface area contributed by atoms with E-state index in [0.29, 0.717) is 5.69 Å². The minimum Gasteiger partial charge on any atom is -0.354 e. The van der Waals surface area contributed by atoms with Crippen LogP contribution in [-0.4, -0.2) is 64.0 Å². The Balaban J connectivity index is 1.46. The molecule has 1 amide bonds. The molecule has 0 aliphatic carbocycles. The number of carbonyl (C=O) groups excluding carboxylic acids is 1. The van der Waals surface area contributed by atoms with Crippen molar-refractivity contribution in [3.8, 4) is 0 Å². The Kier molecular flexibility index (Phi) is 7.23. The van der Waals surface area contributed by atoms with E-state index in [1.807, 2.05) is 12.1 Å². The van der Waals surface area contributed by atoms with Crippen molar-refractivity contribution in [2.45, 2.75) is 11.3 Å². The summed E-state index contributed by atoms with van der Waals surface area (Å²) in [5.41, 5.74) is 0.587. The standard InChI is InChI=1S/C19H24BrN5O3S/c1-24-10-12-25(13-11-24)18-7-4-16(14-21-18)23-19(26)8-9-22-29(27,28)17-5-2-15(20)3-6-17/h2-7,14,22H,8-13H2,1H3,(H,23,26). The smallest absolute Gasteiger partial charge is 0.240 e. The Bertz CT molecular complexity index is 927. The zero-order valence-electron chi connectivity index (χ0n) is 16.1. The fraction of sp³-hybridized carbons (Fsp3) is 0.368. The van der Waals surface area contributed by atoms with Crippen LogP contribution in [0.1, 0.15) is 6.42 Å². The molecule has 0 atom stereocenters. The van der Waals surface area contributed by atoms with Crippen molar-refractivity contribution in [3.63, 3.8) is 0 Å². The van der Waals surface area contributed by atoms with Crippen molar-refractivity contribution >= 4 is 43.4 Å². The number of hydrogen-bond acceptors (Lipinski definition) is 6. The highest BCUT2D eigenvalue weighted by Crippen LogP contribution is 2.16. The highest BCUT2D eigenvalue weighted by molar-refractivity contribution is 9.10. The van der Waals surface area contributed by atoms with Gasteiger partial charge >= 0.3 is 0 Å². The third-order valence-corrected chi connectivity index (χ3v) is 6.63. The zero-order valence-corrected chi connectivity index (χ0v) is 18.5. The molecule has 29 heavy (non-hydrogen) atoms. The van der Waals surface area contributed by atoms with Gasteiger partial charge < -0.3 is 15.1 Å². The van der Waals surface area contributed by atoms with Gasteiger partial charge in [0, 0.05) is 43.6 Å². The summed E-state index contributed by atoms with van der Waals surface area (Å²) < 4.78 is 27.7. The predicted molar refractivity (Wildman–Crippen MR) is 117 cm³/mol. The molecule has 1 saturated heterocycles. The van der Waals surface area contributed by atoms with E-state index in [4.69, 9.17) is 0 Å². The average molecular weight is 482 g/mol. The van der Waals surface area contributed by atoms with Gasteiger partial charge in [0.2, 0.25) is 15.9 Å². The molecule has 0 radical (unpaired) electrons. The van der Waals surface area contributed by atoms with Crippen LogP contribution in [0, 0.1) is 0 Å². The van der Waals surface area contributed by atoms with Gasteiger partial charge in [0.1, 0.15) is 5.82 Å². The van der Waals surface area contributed by atoms with E-state index < -0.39 is 10.0 Å². The van der Waals surface area contributed by atoms with E-state index in [9.17, 15) is 13.2 Å². The van der Waals surface area contributed by atoms with Gasteiger partial charge in [-0.3, -0.25) is 4.79 Å². The fourth-order valence-electron chi connectivity index (χ4n) is 2.90. The van der Waals surface area contributed by atoms with Crippen molar-refractivity contribution in [1.82, 2.24) is 14.6 Å². The molecule has 2 aromatic rings. The third kappa shape index (κ3) is 6.23. The molecule has 10 heteroatoms. The number of anilines is 2. The number of piperazine rings is 1. The van der Waals surface area contributed by atoms with E-state index in [-0.39, 0.29) is 23.8 Å². The minimum absolute atomic E-state index is 0.0110. The Morgan fingerprint density at radius 2 is 1.79 bits per heavy atom. The van der Waals surface area contributed by atoms with Crippen molar-refractivity contribution in [2.24, 2.45) is 0 Å². The minimum atomic E-state index is -3.64. The number of aromatic nitrogens is 1. The molecular formula is C19H24BrN5O3S. The Labute approximate surface area is 179 Å². The maximum absolute atomic E-state index is 12.2. The van der Waals surface area contributed by atoms with Gasteiger partial charge in [0.25, 0.3) is 0 Å². The molecule has 3 rings (SSSR count). The number of pyridine rings is 1. The van der Waals surface area contributed by atoms with Gasteiger partial charge in [-0.1, -0.05) is 15.9 Å². The lowest BCUT2D eigenvalue weighted by molar-refractivity contribution is -0.116. The Hall–Kier alpha value is -2.01. The summed E-state index contributed by atoms with van der Waals surface area (Å²) in [7, 11) is -1.54. The number of hydrogen-bond donors (Lipinski definition) is 2. The van der Waals surface area contributed by atoms with Gasteiger partial charge in [-0.2, -0.15) is 0 Å². The molecule has 1 fully saturated rings. The molecule has 2 N–H and O–H groups in total. The monoisotopic (exact) mass is 481 g/mol. The van der Waals surface area contributed by atoms with Crippen LogP contribution < -0.4 is 14.9 Å². The van der Waals surface area contributed by atoms with Crippen LogP contribution in [0.15, 0.2) is 52.0 Å². The van der Waals surface area contributed by atoms with Crippen molar-refractivity contribution in [1.29, 1.82) is 0 Å². The molecule has 1 aromatic carbocycles. The number of amides is 1. The molecule has 0 spiro atoms. The molecule has 1 aromatic heterocycles. The van der Waals surface area contributed by atoms with Crippen LogP contribution in [-0.2, 0) is 14.8 Å². The van der Waals surface area contributed by atoms with Gasteiger partial charge in [0.15, 0.2) is 0 Å². The number of nitrogens with one attached hydrogen (secondary N) is 2. The highest BCUT2D eigenvalue weighted by atomic mass is 79.9. The summed E-state index contributed by atoms with van der Waals surface area (Å²) in [5, 5.41) is 2.74. The van der Waals surface area contributed by atoms with Crippen molar-refractivity contribution < 1.29 is 13.2 Å². The van der Waals surface area contributed by atoms with Gasteiger partial charge in [-0.05, 0) is 43.4 Å². The van der Waals surface area contributed by atoms with E-state index in [2.05, 4.69) is 47.8 Å². The van der Waals surface area contributed by atoms with E-state index >= 15 is 0 Å². The number of carbonyl (C=O) groups is 1. The SMILES string of the molecule is CN1CCN(c2ccc(NC(=O)CCNS(=O)(=O)c3ccc(Br)cc3)cn2)CC1. The first-order chi connectivity index (χ1) is 13.8. The summed E-state index contributed by atoms with van der Waals surface area (Å²) in [6.07, 6.45) is 1.65. The number of rotatable bonds is 7. The largest absolute Gasteiger partial charge is 0.354 e. The van der Waals surface area contributed by atoms with E-state index in [1.165, 1.54) is 12.1 Å². The first-order valence-electron chi connectivity index (χ1n) is 9.28. The fourth-order valence-corrected chi connectivity index (χ4v) is 4.20. The van der Waals surface area contributed by atoms with Crippen LogP contribution in [0.2, 0.25) is 0 Å². The molecule has 156 valence electrons. The number of sulfonamides is 1. The molecule has 1 aliphatic heterocycles. The quantitative estimate of drug-likeness (QED) is 0.626. The maximum atomic E-state index is 12.2. The van der Waals surface area contributed by atoms with E-state index in [0.717, 1.165) is 36.5 Å². The molecule has 1 aliphatic rings. The molecule has 0 bridgehead atoms. The summed E-state index contributed by atoms with van der Waals surface area (Å²) >= 11 is 3.27. The second-order valence-corrected chi connectivity index (χ2v) is 9.53. The normalized spacial score (nSPS) is 15.3. The van der Waals surface area contributed by atoms with Gasteiger partial charge in [0.05, 0.1) is 16.8 Å². The predicted octanol–water partition coefficient (Wildman–Crippen LogP) is 1.90. The molecular weight excluding hydrogens is 458 g/mol. The van der Waals surface area contributed by atoms with Crippen LogP contribution >= 0.6 is 15.9 Å². The number of likely N-dealkylation sites (N-methyl/N-ethyl adjacent to an activating group) is 1. The highest BCUT2D eigenvalue weighted by Gasteiger charge is 2.16. The number of benzene rings is 1. The topological polar surface area (TPSA) is 94.6 Å². The first-order valence-corrected chi connectivity index (χ1v) is 11.6. The summed E-state index contributed by atoms with van der Waals surface area (Å²) in [6, 6.07) is 10.0. The maximum Gasteiger partial charge on any atom is 0.240 e. The van der Waals surface area contributed by atoms with Crippen LogP contribution in [0.5, 0.6) is 0 Å². The van der Waals surface area contributed by atoms with Crippen LogP contribution in [0.4, 0.5) is 11.5 Å². The number of nitrogens with zero attached hydrogens (tertiary/aromatic N) is 3. The summed E-state index contributed by atoms with van der Waals surface area (Å²) in [5.74, 6) is 0.607. The lowest BCUT2D eigenvalue weighted by Crippen LogP contribution is -2.44. The van der Waals surface area contributed by atoms with E-state index in [1.54, 1.807) is 18.3 Å². The number of halogens is 1. The summed E-state index contributed by atoms with van der Waals surface area (Å²) in [4.78, 5) is 21.2. The third-order valence-electron chi connectivity index (χ3n) is 4.63. The Morgan fingerprint density at radius 3 is 2.41 bits per heavy atom. The molecule has 2 heterocycles. The van der Waals surface area contributed by atoms with Crippen molar-refractivity contribution in [3.05, 3.63) is 47.1 Å². The van der Waals surface area contributed by atoms with Gasteiger partial charge in [-0.25, -0.2) is 18.1 Å². The van der Waals surface area contributed by atoms with Gasteiger partial charge in [-0.15, -0.1) is 0 Å². The molecule has 0 unspecified atom stereocenters. The van der Waals surface area contributed by atoms with Crippen molar-refractivity contribution in [2.75, 3.05) is 50.0 Å². The van der Waals surface area contributed by atoms with Crippen LogP contribution in [0.3, 0.4) is 0 Å². The second kappa shape index (κ2) is 9.66. The first kappa shape index (κ1) is 21.7.